The summed E-state index contributed by atoms with van der Waals surface area (Å²) in [6, 6.07) is 5.84. The van der Waals surface area contributed by atoms with Crippen LogP contribution in [0.2, 0.25) is 0 Å². The molecule has 1 amide bonds. The summed E-state index contributed by atoms with van der Waals surface area (Å²) in [4.78, 5) is 27.2. The lowest BCUT2D eigenvalue weighted by Gasteiger charge is -2.07. The van der Waals surface area contributed by atoms with Crippen LogP contribution in [0.4, 0.5) is 5.69 Å². The van der Waals surface area contributed by atoms with Crippen LogP contribution in [-0.4, -0.2) is 24.0 Å². The normalized spacial score (nSPS) is 10.4. The molecule has 1 heterocycles. The molecule has 0 atom stereocenters. The first-order chi connectivity index (χ1) is 10.3. The SMILES string of the molecule is COC(=O)c1c(C)[nH]c(C(=O)Nc2cc(C)cc(C)c2)c1C. The van der Waals surface area contributed by atoms with Crippen LogP contribution in [0.3, 0.4) is 0 Å². The Hall–Kier alpha value is -2.56. The topological polar surface area (TPSA) is 71.2 Å². The van der Waals surface area contributed by atoms with E-state index in [0.29, 0.717) is 22.5 Å². The lowest BCUT2D eigenvalue weighted by molar-refractivity contribution is 0.0599. The van der Waals surface area contributed by atoms with Crippen molar-refractivity contribution >= 4 is 17.6 Å². The van der Waals surface area contributed by atoms with E-state index in [9.17, 15) is 9.59 Å². The molecule has 0 aliphatic heterocycles. The van der Waals surface area contributed by atoms with Crippen LogP contribution in [0.1, 0.15) is 43.2 Å². The highest BCUT2D eigenvalue weighted by Crippen LogP contribution is 2.21. The summed E-state index contributed by atoms with van der Waals surface area (Å²) in [5.41, 5.74) is 4.87. The zero-order valence-corrected chi connectivity index (χ0v) is 13.5. The Bertz CT molecular complexity index is 724. The molecule has 0 saturated carbocycles. The number of ether oxygens (including phenoxy) is 1. The molecule has 0 saturated heterocycles. The number of aryl methyl sites for hydroxylation is 3. The number of benzene rings is 1. The minimum absolute atomic E-state index is 0.277. The van der Waals surface area contributed by atoms with Crippen LogP contribution >= 0.6 is 0 Å². The van der Waals surface area contributed by atoms with Gasteiger partial charge in [0.15, 0.2) is 0 Å². The van der Waals surface area contributed by atoms with Crippen LogP contribution in [0.5, 0.6) is 0 Å². The Labute approximate surface area is 129 Å². The van der Waals surface area contributed by atoms with Gasteiger partial charge in [0.05, 0.1) is 12.7 Å². The van der Waals surface area contributed by atoms with Crippen LogP contribution in [0.15, 0.2) is 18.2 Å². The van der Waals surface area contributed by atoms with Crippen molar-refractivity contribution in [2.24, 2.45) is 0 Å². The summed E-state index contributed by atoms with van der Waals surface area (Å²) in [7, 11) is 1.32. The molecular weight excluding hydrogens is 280 g/mol. The molecule has 2 rings (SSSR count). The Kier molecular flexibility index (Phi) is 4.35. The number of carbonyl (C=O) groups is 2. The van der Waals surface area contributed by atoms with Crippen molar-refractivity contribution in [1.82, 2.24) is 4.98 Å². The van der Waals surface area contributed by atoms with Crippen molar-refractivity contribution in [3.63, 3.8) is 0 Å². The third kappa shape index (κ3) is 3.03. The Morgan fingerprint density at radius 2 is 1.64 bits per heavy atom. The molecule has 2 N–H and O–H groups in total. The van der Waals surface area contributed by atoms with E-state index in [-0.39, 0.29) is 5.91 Å². The second-order valence-corrected chi connectivity index (χ2v) is 5.45. The number of anilines is 1. The number of aromatic nitrogens is 1. The fourth-order valence-electron chi connectivity index (χ4n) is 2.63. The average Bonchev–Trinajstić information content (AvgIpc) is 2.72. The predicted octanol–water partition coefficient (Wildman–Crippen LogP) is 3.29. The Balaban J connectivity index is 2.32. The van der Waals surface area contributed by atoms with Crippen molar-refractivity contribution in [3.8, 4) is 0 Å². The van der Waals surface area contributed by atoms with E-state index in [4.69, 9.17) is 4.74 Å². The van der Waals surface area contributed by atoms with Gasteiger partial charge in [-0.3, -0.25) is 4.79 Å². The summed E-state index contributed by atoms with van der Waals surface area (Å²) in [5.74, 6) is -0.725. The van der Waals surface area contributed by atoms with Gasteiger partial charge >= 0.3 is 5.97 Å². The summed E-state index contributed by atoms with van der Waals surface area (Å²) in [6.07, 6.45) is 0. The van der Waals surface area contributed by atoms with Crippen molar-refractivity contribution in [2.45, 2.75) is 27.7 Å². The highest BCUT2D eigenvalue weighted by molar-refractivity contribution is 6.06. The van der Waals surface area contributed by atoms with Gasteiger partial charge < -0.3 is 15.0 Å². The number of carbonyl (C=O) groups excluding carboxylic acids is 2. The fraction of sp³-hybridized carbons (Fsp3) is 0.294. The van der Waals surface area contributed by atoms with Gasteiger partial charge in [0.2, 0.25) is 0 Å². The number of hydrogen-bond donors (Lipinski definition) is 2. The zero-order valence-electron chi connectivity index (χ0n) is 13.5. The molecule has 5 nitrogen and oxygen atoms in total. The van der Waals surface area contributed by atoms with E-state index in [2.05, 4.69) is 10.3 Å². The van der Waals surface area contributed by atoms with Crippen LogP contribution in [-0.2, 0) is 4.74 Å². The molecule has 0 spiro atoms. The molecule has 0 bridgehead atoms. The molecule has 2 aromatic rings. The van der Waals surface area contributed by atoms with E-state index in [0.717, 1.165) is 16.8 Å². The van der Waals surface area contributed by atoms with Gasteiger partial charge in [-0.15, -0.1) is 0 Å². The summed E-state index contributed by atoms with van der Waals surface area (Å²) in [6.45, 7) is 7.42. The number of amides is 1. The molecule has 22 heavy (non-hydrogen) atoms. The highest BCUT2D eigenvalue weighted by Gasteiger charge is 2.22. The quantitative estimate of drug-likeness (QED) is 0.854. The Morgan fingerprint density at radius 1 is 1.05 bits per heavy atom. The smallest absolute Gasteiger partial charge is 0.339 e. The Morgan fingerprint density at radius 3 is 2.18 bits per heavy atom. The van der Waals surface area contributed by atoms with Gasteiger partial charge in [0.25, 0.3) is 5.91 Å². The van der Waals surface area contributed by atoms with Crippen LogP contribution in [0.25, 0.3) is 0 Å². The van der Waals surface area contributed by atoms with Crippen molar-refractivity contribution < 1.29 is 14.3 Å². The molecule has 5 heteroatoms. The van der Waals surface area contributed by atoms with Crippen molar-refractivity contribution in [2.75, 3.05) is 12.4 Å². The third-order valence-corrected chi connectivity index (χ3v) is 3.53. The van der Waals surface area contributed by atoms with Gasteiger partial charge in [-0.1, -0.05) is 6.07 Å². The first kappa shape index (κ1) is 15.8. The number of rotatable bonds is 3. The fourth-order valence-corrected chi connectivity index (χ4v) is 2.63. The number of methoxy groups -OCH3 is 1. The van der Waals surface area contributed by atoms with Gasteiger partial charge in [0, 0.05) is 11.4 Å². The maximum absolute atomic E-state index is 12.4. The minimum Gasteiger partial charge on any atom is -0.465 e. The lowest BCUT2D eigenvalue weighted by Crippen LogP contribution is -2.14. The van der Waals surface area contributed by atoms with Crippen LogP contribution < -0.4 is 5.32 Å². The maximum atomic E-state index is 12.4. The molecule has 0 radical (unpaired) electrons. The van der Waals surface area contributed by atoms with Crippen molar-refractivity contribution in [1.29, 1.82) is 0 Å². The summed E-state index contributed by atoms with van der Waals surface area (Å²) >= 11 is 0. The highest BCUT2D eigenvalue weighted by atomic mass is 16.5. The second-order valence-electron chi connectivity index (χ2n) is 5.45. The minimum atomic E-state index is -0.448. The van der Waals surface area contributed by atoms with Gasteiger partial charge in [0.1, 0.15) is 5.69 Å². The number of esters is 1. The number of hydrogen-bond acceptors (Lipinski definition) is 3. The third-order valence-electron chi connectivity index (χ3n) is 3.53. The molecular formula is C17H20N2O3. The molecule has 116 valence electrons. The first-order valence-corrected chi connectivity index (χ1v) is 7.00. The zero-order chi connectivity index (χ0) is 16.4. The summed E-state index contributed by atoms with van der Waals surface area (Å²) in [5, 5.41) is 2.86. The molecule has 0 aliphatic rings. The van der Waals surface area contributed by atoms with Gasteiger partial charge in [-0.25, -0.2) is 4.79 Å². The lowest BCUT2D eigenvalue weighted by atomic mass is 10.1. The molecule has 0 aliphatic carbocycles. The summed E-state index contributed by atoms with van der Waals surface area (Å²) < 4.78 is 4.75. The predicted molar refractivity (Wildman–Crippen MR) is 85.5 cm³/mol. The number of aromatic amines is 1. The van der Waals surface area contributed by atoms with E-state index in [1.54, 1.807) is 13.8 Å². The molecule has 1 aromatic heterocycles. The van der Waals surface area contributed by atoms with E-state index in [1.165, 1.54) is 7.11 Å². The largest absolute Gasteiger partial charge is 0.465 e. The molecule has 1 aromatic carbocycles. The molecule has 0 fully saturated rings. The van der Waals surface area contributed by atoms with Crippen LogP contribution in [0, 0.1) is 27.7 Å². The van der Waals surface area contributed by atoms with Gasteiger partial charge in [-0.2, -0.15) is 0 Å². The van der Waals surface area contributed by atoms with E-state index < -0.39 is 5.97 Å². The van der Waals surface area contributed by atoms with Gasteiger partial charge in [-0.05, 0) is 56.5 Å². The van der Waals surface area contributed by atoms with E-state index >= 15 is 0 Å². The van der Waals surface area contributed by atoms with E-state index in [1.807, 2.05) is 32.0 Å². The maximum Gasteiger partial charge on any atom is 0.339 e. The molecule has 0 unspecified atom stereocenters. The average molecular weight is 300 g/mol. The first-order valence-electron chi connectivity index (χ1n) is 7.00. The number of H-pyrrole nitrogens is 1. The monoisotopic (exact) mass is 300 g/mol. The standard InChI is InChI=1S/C17H20N2O3/c1-9-6-10(2)8-13(7-9)19-16(20)15-11(3)14(12(4)18-15)17(21)22-5/h6-8,18H,1-5H3,(H,19,20). The number of nitrogens with one attached hydrogen (secondary N) is 2. The van der Waals surface area contributed by atoms with Crippen molar-refractivity contribution in [3.05, 3.63) is 51.8 Å². The second kappa shape index (κ2) is 6.05.